The van der Waals surface area contributed by atoms with Gasteiger partial charge < -0.3 is 4.74 Å². The van der Waals surface area contributed by atoms with E-state index in [1.54, 1.807) is 6.07 Å². The van der Waals surface area contributed by atoms with Crippen LogP contribution in [-0.2, 0) is 4.74 Å². The SMILES string of the molecule is CCCOCC(NN)c1ccc(F)cc1I. The lowest BCUT2D eigenvalue weighted by Crippen LogP contribution is -2.32. The fourth-order valence-corrected chi connectivity index (χ4v) is 2.21. The van der Waals surface area contributed by atoms with E-state index in [2.05, 4.69) is 28.0 Å². The zero-order chi connectivity index (χ0) is 12.0. The Labute approximate surface area is 109 Å². The first-order valence-corrected chi connectivity index (χ1v) is 6.25. The fraction of sp³-hybridized carbons (Fsp3) is 0.455. The molecular formula is C11H16FIN2O. The fourth-order valence-electron chi connectivity index (χ4n) is 1.36. The Kier molecular flexibility index (Phi) is 6.18. The third kappa shape index (κ3) is 3.97. The normalized spacial score (nSPS) is 12.8. The molecule has 3 nitrogen and oxygen atoms in total. The van der Waals surface area contributed by atoms with Gasteiger partial charge in [-0.2, -0.15) is 0 Å². The van der Waals surface area contributed by atoms with Crippen molar-refractivity contribution in [1.29, 1.82) is 0 Å². The highest BCUT2D eigenvalue weighted by Crippen LogP contribution is 2.21. The molecule has 1 aromatic rings. The van der Waals surface area contributed by atoms with Crippen molar-refractivity contribution in [2.75, 3.05) is 13.2 Å². The number of halogens is 2. The van der Waals surface area contributed by atoms with E-state index in [-0.39, 0.29) is 11.9 Å². The maximum Gasteiger partial charge on any atom is 0.124 e. The molecule has 0 aliphatic carbocycles. The first-order chi connectivity index (χ1) is 7.69. The number of hydrazine groups is 1. The second kappa shape index (κ2) is 7.16. The molecule has 0 aliphatic rings. The molecule has 1 aromatic carbocycles. The molecule has 0 radical (unpaired) electrons. The minimum Gasteiger partial charge on any atom is -0.379 e. The molecule has 1 rings (SSSR count). The first-order valence-electron chi connectivity index (χ1n) is 5.17. The van der Waals surface area contributed by atoms with Crippen LogP contribution in [0.5, 0.6) is 0 Å². The van der Waals surface area contributed by atoms with E-state index in [0.717, 1.165) is 15.6 Å². The van der Waals surface area contributed by atoms with Gasteiger partial charge in [0.25, 0.3) is 0 Å². The van der Waals surface area contributed by atoms with Crippen molar-refractivity contribution in [3.8, 4) is 0 Å². The van der Waals surface area contributed by atoms with Crippen LogP contribution in [-0.4, -0.2) is 13.2 Å². The smallest absolute Gasteiger partial charge is 0.124 e. The highest BCUT2D eigenvalue weighted by molar-refractivity contribution is 14.1. The van der Waals surface area contributed by atoms with E-state index in [4.69, 9.17) is 10.6 Å². The van der Waals surface area contributed by atoms with Gasteiger partial charge in [0.1, 0.15) is 5.82 Å². The third-order valence-electron chi connectivity index (χ3n) is 2.17. The summed E-state index contributed by atoms with van der Waals surface area (Å²) in [6, 6.07) is 4.55. The first kappa shape index (κ1) is 13.8. The molecular weight excluding hydrogens is 322 g/mol. The molecule has 0 fully saturated rings. The van der Waals surface area contributed by atoms with Crippen molar-refractivity contribution in [2.45, 2.75) is 19.4 Å². The highest BCUT2D eigenvalue weighted by Gasteiger charge is 2.13. The summed E-state index contributed by atoms with van der Waals surface area (Å²) in [5, 5.41) is 0. The van der Waals surface area contributed by atoms with Crippen molar-refractivity contribution in [3.05, 3.63) is 33.1 Å². The maximum atomic E-state index is 12.9. The second-order valence-corrected chi connectivity index (χ2v) is 4.62. The highest BCUT2D eigenvalue weighted by atomic mass is 127. The topological polar surface area (TPSA) is 47.3 Å². The zero-order valence-corrected chi connectivity index (χ0v) is 11.3. The molecule has 3 N–H and O–H groups in total. The molecule has 5 heteroatoms. The van der Waals surface area contributed by atoms with Crippen molar-refractivity contribution < 1.29 is 9.13 Å². The van der Waals surface area contributed by atoms with E-state index >= 15 is 0 Å². The summed E-state index contributed by atoms with van der Waals surface area (Å²) in [7, 11) is 0. The van der Waals surface area contributed by atoms with Gasteiger partial charge in [0, 0.05) is 10.2 Å². The Morgan fingerprint density at radius 3 is 2.88 bits per heavy atom. The predicted octanol–water partition coefficient (Wildman–Crippen LogP) is 2.36. The molecule has 0 aromatic heterocycles. The van der Waals surface area contributed by atoms with Gasteiger partial charge in [-0.25, -0.2) is 4.39 Å². The Hall–Kier alpha value is -0.240. The lowest BCUT2D eigenvalue weighted by molar-refractivity contribution is 0.112. The summed E-state index contributed by atoms with van der Waals surface area (Å²) in [5.74, 6) is 5.23. The van der Waals surface area contributed by atoms with Crippen LogP contribution in [0.3, 0.4) is 0 Å². The summed E-state index contributed by atoms with van der Waals surface area (Å²) in [6.07, 6.45) is 0.970. The number of nitrogens with one attached hydrogen (secondary N) is 1. The average molecular weight is 338 g/mol. The monoisotopic (exact) mass is 338 g/mol. The van der Waals surface area contributed by atoms with Crippen molar-refractivity contribution in [2.24, 2.45) is 5.84 Å². The van der Waals surface area contributed by atoms with Gasteiger partial charge in [-0.3, -0.25) is 11.3 Å². The lowest BCUT2D eigenvalue weighted by atomic mass is 10.1. The molecule has 0 saturated carbocycles. The summed E-state index contributed by atoms with van der Waals surface area (Å²) in [5.41, 5.74) is 3.64. The number of nitrogens with two attached hydrogens (primary N) is 1. The Balaban J connectivity index is 2.70. The van der Waals surface area contributed by atoms with Crippen molar-refractivity contribution in [1.82, 2.24) is 5.43 Å². The molecule has 0 spiro atoms. The van der Waals surface area contributed by atoms with Gasteiger partial charge in [-0.1, -0.05) is 13.0 Å². The maximum absolute atomic E-state index is 12.9. The number of hydrogen-bond donors (Lipinski definition) is 2. The van der Waals surface area contributed by atoms with Gasteiger partial charge in [0.05, 0.1) is 12.6 Å². The van der Waals surface area contributed by atoms with Gasteiger partial charge >= 0.3 is 0 Å². The Bertz CT molecular complexity index is 336. The predicted molar refractivity (Wildman–Crippen MR) is 70.3 cm³/mol. The van der Waals surface area contributed by atoms with Crippen LogP contribution in [0.1, 0.15) is 24.9 Å². The van der Waals surface area contributed by atoms with Crippen LogP contribution in [0.4, 0.5) is 4.39 Å². The second-order valence-electron chi connectivity index (χ2n) is 3.46. The van der Waals surface area contributed by atoms with E-state index < -0.39 is 0 Å². The van der Waals surface area contributed by atoms with E-state index in [9.17, 15) is 4.39 Å². The summed E-state index contributed by atoms with van der Waals surface area (Å²) < 4.78 is 19.2. The van der Waals surface area contributed by atoms with E-state index in [0.29, 0.717) is 13.2 Å². The van der Waals surface area contributed by atoms with Crippen LogP contribution in [0, 0.1) is 9.39 Å². The standard InChI is InChI=1S/C11H16FIN2O/c1-2-5-16-7-11(15-14)9-4-3-8(12)6-10(9)13/h3-4,6,11,15H,2,5,7,14H2,1H3. The van der Waals surface area contributed by atoms with E-state index in [1.807, 2.05) is 6.92 Å². The molecule has 0 bridgehead atoms. The van der Waals surface area contributed by atoms with Crippen molar-refractivity contribution >= 4 is 22.6 Å². The lowest BCUT2D eigenvalue weighted by Gasteiger charge is -2.17. The Morgan fingerprint density at radius 1 is 1.56 bits per heavy atom. The number of benzene rings is 1. The van der Waals surface area contributed by atoms with E-state index in [1.165, 1.54) is 12.1 Å². The van der Waals surface area contributed by atoms with Gasteiger partial charge in [-0.15, -0.1) is 0 Å². The minimum absolute atomic E-state index is 0.0981. The molecule has 0 heterocycles. The van der Waals surface area contributed by atoms with Crippen LogP contribution in [0.2, 0.25) is 0 Å². The van der Waals surface area contributed by atoms with Crippen LogP contribution in [0.25, 0.3) is 0 Å². The molecule has 16 heavy (non-hydrogen) atoms. The van der Waals surface area contributed by atoms with Gasteiger partial charge in [-0.05, 0) is 46.7 Å². The number of ether oxygens (including phenoxy) is 1. The Morgan fingerprint density at radius 2 is 2.31 bits per heavy atom. The molecule has 0 saturated heterocycles. The summed E-state index contributed by atoms with van der Waals surface area (Å²) >= 11 is 2.09. The van der Waals surface area contributed by atoms with Gasteiger partial charge in [0.15, 0.2) is 0 Å². The zero-order valence-electron chi connectivity index (χ0n) is 9.17. The summed E-state index contributed by atoms with van der Waals surface area (Å²) in [6.45, 7) is 3.24. The molecule has 1 atom stereocenters. The van der Waals surface area contributed by atoms with Crippen LogP contribution < -0.4 is 11.3 Å². The van der Waals surface area contributed by atoms with Crippen molar-refractivity contribution in [3.63, 3.8) is 0 Å². The minimum atomic E-state index is -0.238. The molecule has 90 valence electrons. The number of hydrogen-bond acceptors (Lipinski definition) is 3. The average Bonchev–Trinajstić information content (AvgIpc) is 2.26. The van der Waals surface area contributed by atoms with Crippen LogP contribution >= 0.6 is 22.6 Å². The third-order valence-corrected chi connectivity index (χ3v) is 3.11. The number of rotatable bonds is 6. The van der Waals surface area contributed by atoms with Crippen LogP contribution in [0.15, 0.2) is 18.2 Å². The molecule has 0 aliphatic heterocycles. The summed E-state index contributed by atoms with van der Waals surface area (Å²) in [4.78, 5) is 0. The quantitative estimate of drug-likeness (QED) is 0.362. The van der Waals surface area contributed by atoms with Gasteiger partial charge in [0.2, 0.25) is 0 Å². The molecule has 0 amide bonds. The molecule has 1 unspecified atom stereocenters. The largest absolute Gasteiger partial charge is 0.379 e.